The van der Waals surface area contributed by atoms with Gasteiger partial charge in [-0.25, -0.2) is 0 Å². The molecule has 0 aliphatic heterocycles. The molecule has 1 heterocycles. The fourth-order valence-corrected chi connectivity index (χ4v) is 1.69. The van der Waals surface area contributed by atoms with Crippen LogP contribution in [0.2, 0.25) is 0 Å². The molecule has 1 atom stereocenters. The molecule has 0 fully saturated rings. The van der Waals surface area contributed by atoms with Crippen molar-refractivity contribution >= 4 is 0 Å². The maximum Gasteiger partial charge on any atom is 0.110 e. The number of nitrogens with one attached hydrogen (secondary N) is 1. The molecule has 0 radical (unpaired) electrons. The molecule has 0 saturated heterocycles. The van der Waals surface area contributed by atoms with Crippen molar-refractivity contribution in [1.82, 2.24) is 10.2 Å². The Morgan fingerprint density at radius 1 is 1.27 bits per heavy atom. The first kappa shape index (κ1) is 9.93. The van der Waals surface area contributed by atoms with Crippen molar-refractivity contribution in [2.75, 3.05) is 7.11 Å². The quantitative estimate of drug-likeness (QED) is 0.830. The van der Waals surface area contributed by atoms with Gasteiger partial charge in [0.05, 0.1) is 6.20 Å². The Labute approximate surface area is 89.1 Å². The topological polar surface area (TPSA) is 37.9 Å². The number of nitrogens with zero attached hydrogens (tertiary/aromatic N) is 1. The molecule has 0 aliphatic carbocycles. The first-order valence-corrected chi connectivity index (χ1v) is 4.90. The molecule has 0 saturated carbocycles. The van der Waals surface area contributed by atoms with Gasteiger partial charge in [0.2, 0.25) is 0 Å². The van der Waals surface area contributed by atoms with Gasteiger partial charge in [-0.1, -0.05) is 30.3 Å². The third-order valence-electron chi connectivity index (χ3n) is 2.49. The maximum atomic E-state index is 5.50. The van der Waals surface area contributed by atoms with Crippen LogP contribution in [-0.2, 0) is 4.74 Å². The molecule has 1 aromatic heterocycles. The van der Waals surface area contributed by atoms with Crippen LogP contribution in [0.25, 0.3) is 0 Å². The minimum atomic E-state index is -0.0371. The van der Waals surface area contributed by atoms with Gasteiger partial charge in [-0.2, -0.15) is 5.10 Å². The number of aryl methyl sites for hydroxylation is 1. The number of aromatic nitrogens is 2. The van der Waals surface area contributed by atoms with Crippen molar-refractivity contribution in [1.29, 1.82) is 0 Å². The van der Waals surface area contributed by atoms with Crippen LogP contribution in [-0.4, -0.2) is 17.3 Å². The number of hydrogen-bond acceptors (Lipinski definition) is 2. The van der Waals surface area contributed by atoms with E-state index in [4.69, 9.17) is 4.74 Å². The number of rotatable bonds is 3. The lowest BCUT2D eigenvalue weighted by atomic mass is 10.0. The zero-order valence-corrected chi connectivity index (χ0v) is 8.90. The Kier molecular flexibility index (Phi) is 2.83. The normalized spacial score (nSPS) is 12.7. The zero-order valence-electron chi connectivity index (χ0n) is 8.90. The second-order valence-electron chi connectivity index (χ2n) is 3.48. The predicted octanol–water partition coefficient (Wildman–Crippen LogP) is 2.45. The SMILES string of the molecule is COC(c1ccccc1)c1cn[nH]c1C. The van der Waals surface area contributed by atoms with E-state index in [1.165, 1.54) is 0 Å². The largest absolute Gasteiger partial charge is 0.372 e. The molecule has 0 spiro atoms. The lowest BCUT2D eigenvalue weighted by Crippen LogP contribution is -2.03. The number of H-pyrrole nitrogens is 1. The van der Waals surface area contributed by atoms with E-state index in [1.54, 1.807) is 7.11 Å². The van der Waals surface area contributed by atoms with Crippen LogP contribution < -0.4 is 0 Å². The van der Waals surface area contributed by atoms with E-state index in [0.717, 1.165) is 16.8 Å². The van der Waals surface area contributed by atoms with E-state index in [0.29, 0.717) is 0 Å². The average molecular weight is 202 g/mol. The van der Waals surface area contributed by atoms with Crippen molar-refractivity contribution in [3.8, 4) is 0 Å². The highest BCUT2D eigenvalue weighted by molar-refractivity contribution is 5.30. The summed E-state index contributed by atoms with van der Waals surface area (Å²) in [5.74, 6) is 0. The fourth-order valence-electron chi connectivity index (χ4n) is 1.69. The summed E-state index contributed by atoms with van der Waals surface area (Å²) in [6, 6.07) is 10.1. The Morgan fingerprint density at radius 2 is 2.00 bits per heavy atom. The van der Waals surface area contributed by atoms with Crippen LogP contribution in [0.3, 0.4) is 0 Å². The van der Waals surface area contributed by atoms with Gasteiger partial charge in [0.25, 0.3) is 0 Å². The van der Waals surface area contributed by atoms with Crippen molar-refractivity contribution in [3.05, 3.63) is 53.3 Å². The number of ether oxygens (including phenoxy) is 1. The van der Waals surface area contributed by atoms with Gasteiger partial charge in [0, 0.05) is 18.4 Å². The average Bonchev–Trinajstić information content (AvgIpc) is 2.68. The number of hydrogen-bond donors (Lipinski definition) is 1. The number of methoxy groups -OCH3 is 1. The third-order valence-corrected chi connectivity index (χ3v) is 2.49. The summed E-state index contributed by atoms with van der Waals surface area (Å²) in [4.78, 5) is 0. The molecule has 3 nitrogen and oxygen atoms in total. The Balaban J connectivity index is 2.37. The summed E-state index contributed by atoms with van der Waals surface area (Å²) in [5.41, 5.74) is 3.28. The molecule has 1 N–H and O–H groups in total. The van der Waals surface area contributed by atoms with Crippen LogP contribution in [0.4, 0.5) is 0 Å². The van der Waals surface area contributed by atoms with E-state index in [-0.39, 0.29) is 6.10 Å². The first-order chi connectivity index (χ1) is 7.33. The standard InChI is InChI=1S/C12H14N2O/c1-9-11(8-13-14-9)12(15-2)10-6-4-3-5-7-10/h3-8,12H,1-2H3,(H,13,14). The Bertz CT molecular complexity index is 422. The van der Waals surface area contributed by atoms with Gasteiger partial charge in [-0.05, 0) is 12.5 Å². The van der Waals surface area contributed by atoms with Crippen LogP contribution in [0.5, 0.6) is 0 Å². The molecule has 0 amide bonds. The lowest BCUT2D eigenvalue weighted by Gasteiger charge is -2.14. The van der Waals surface area contributed by atoms with Crippen LogP contribution in [0.1, 0.15) is 22.9 Å². The summed E-state index contributed by atoms with van der Waals surface area (Å²) in [6.07, 6.45) is 1.78. The smallest absolute Gasteiger partial charge is 0.110 e. The highest BCUT2D eigenvalue weighted by Crippen LogP contribution is 2.26. The van der Waals surface area contributed by atoms with E-state index >= 15 is 0 Å². The molecule has 1 unspecified atom stereocenters. The van der Waals surface area contributed by atoms with Crippen molar-refractivity contribution in [3.63, 3.8) is 0 Å². The van der Waals surface area contributed by atoms with Gasteiger partial charge in [-0.3, -0.25) is 5.10 Å². The van der Waals surface area contributed by atoms with Gasteiger partial charge in [0.15, 0.2) is 0 Å². The van der Waals surface area contributed by atoms with E-state index in [2.05, 4.69) is 22.3 Å². The van der Waals surface area contributed by atoms with E-state index in [1.807, 2.05) is 31.3 Å². The predicted molar refractivity (Wildman–Crippen MR) is 58.6 cm³/mol. The highest BCUT2D eigenvalue weighted by Gasteiger charge is 2.16. The third kappa shape index (κ3) is 1.92. The molecular formula is C12H14N2O. The van der Waals surface area contributed by atoms with Crippen LogP contribution in [0, 0.1) is 6.92 Å². The van der Waals surface area contributed by atoms with E-state index in [9.17, 15) is 0 Å². The second kappa shape index (κ2) is 4.28. The molecular weight excluding hydrogens is 188 g/mol. The summed E-state index contributed by atoms with van der Waals surface area (Å²) in [6.45, 7) is 2.00. The van der Waals surface area contributed by atoms with Crippen molar-refractivity contribution in [2.45, 2.75) is 13.0 Å². The number of benzene rings is 1. The molecule has 3 heteroatoms. The molecule has 15 heavy (non-hydrogen) atoms. The number of aromatic amines is 1. The summed E-state index contributed by atoms with van der Waals surface area (Å²) in [5, 5.41) is 6.93. The van der Waals surface area contributed by atoms with E-state index < -0.39 is 0 Å². The highest BCUT2D eigenvalue weighted by atomic mass is 16.5. The molecule has 0 bridgehead atoms. The Hall–Kier alpha value is -1.61. The zero-order chi connectivity index (χ0) is 10.7. The molecule has 2 aromatic rings. The summed E-state index contributed by atoms with van der Waals surface area (Å²) in [7, 11) is 1.71. The van der Waals surface area contributed by atoms with Gasteiger partial charge < -0.3 is 4.74 Å². The minimum absolute atomic E-state index is 0.0371. The van der Waals surface area contributed by atoms with Gasteiger partial charge in [-0.15, -0.1) is 0 Å². The molecule has 78 valence electrons. The molecule has 1 aromatic carbocycles. The maximum absolute atomic E-state index is 5.50. The van der Waals surface area contributed by atoms with Gasteiger partial charge in [0.1, 0.15) is 6.10 Å². The minimum Gasteiger partial charge on any atom is -0.372 e. The van der Waals surface area contributed by atoms with Crippen LogP contribution >= 0.6 is 0 Å². The first-order valence-electron chi connectivity index (χ1n) is 4.90. The van der Waals surface area contributed by atoms with Crippen molar-refractivity contribution < 1.29 is 4.74 Å². The fraction of sp³-hybridized carbons (Fsp3) is 0.250. The summed E-state index contributed by atoms with van der Waals surface area (Å²) >= 11 is 0. The van der Waals surface area contributed by atoms with Crippen molar-refractivity contribution in [2.24, 2.45) is 0 Å². The molecule has 2 rings (SSSR count). The second-order valence-corrected chi connectivity index (χ2v) is 3.48. The van der Waals surface area contributed by atoms with Crippen LogP contribution in [0.15, 0.2) is 36.5 Å². The monoisotopic (exact) mass is 202 g/mol. The molecule has 0 aliphatic rings. The van der Waals surface area contributed by atoms with Gasteiger partial charge >= 0.3 is 0 Å². The Morgan fingerprint density at radius 3 is 2.53 bits per heavy atom. The lowest BCUT2D eigenvalue weighted by molar-refractivity contribution is 0.136. The summed E-state index contributed by atoms with van der Waals surface area (Å²) < 4.78 is 5.50.